The molecule has 12 heavy (non-hydrogen) atoms. The molecular formula is C9H6Cl2O. The van der Waals surface area contributed by atoms with E-state index in [0.29, 0.717) is 15.8 Å². The predicted molar refractivity (Wildman–Crippen MR) is 50.8 cm³/mol. The number of benzene rings is 1. The van der Waals surface area contributed by atoms with E-state index in [0.717, 1.165) is 0 Å². The Labute approximate surface area is 80.9 Å². The number of hydrogen-bond acceptors (Lipinski definition) is 1. The Balaban J connectivity index is 2.93. The highest BCUT2D eigenvalue weighted by Crippen LogP contribution is 2.27. The Morgan fingerprint density at radius 2 is 2.17 bits per heavy atom. The van der Waals surface area contributed by atoms with Gasteiger partial charge in [-0.05, 0) is 18.2 Å². The molecule has 62 valence electrons. The number of ether oxygens (including phenoxy) is 1. The van der Waals surface area contributed by atoms with Crippen molar-refractivity contribution in [1.82, 2.24) is 0 Å². The molecule has 0 fully saturated rings. The summed E-state index contributed by atoms with van der Waals surface area (Å²) in [5.41, 5.74) is 2.47. The molecule has 0 N–H and O–H groups in total. The molecule has 0 radical (unpaired) electrons. The van der Waals surface area contributed by atoms with Gasteiger partial charge in [-0.3, -0.25) is 0 Å². The SMILES string of the molecule is C=C=COc1ccc(Cl)cc1Cl. The lowest BCUT2D eigenvalue weighted by Crippen LogP contribution is -1.81. The second kappa shape index (κ2) is 4.22. The Hall–Kier alpha value is -0.880. The van der Waals surface area contributed by atoms with E-state index in [4.69, 9.17) is 27.9 Å². The first kappa shape index (κ1) is 9.21. The number of rotatable bonds is 2. The van der Waals surface area contributed by atoms with Crippen molar-refractivity contribution in [3.8, 4) is 5.75 Å². The maximum atomic E-state index is 5.79. The van der Waals surface area contributed by atoms with Crippen LogP contribution in [-0.2, 0) is 0 Å². The van der Waals surface area contributed by atoms with Crippen LogP contribution < -0.4 is 4.74 Å². The third-order valence-electron chi connectivity index (χ3n) is 1.16. The van der Waals surface area contributed by atoms with Crippen molar-refractivity contribution in [2.24, 2.45) is 0 Å². The fourth-order valence-electron chi connectivity index (χ4n) is 0.676. The molecule has 1 aromatic rings. The van der Waals surface area contributed by atoms with Crippen molar-refractivity contribution in [2.75, 3.05) is 0 Å². The number of hydrogen-bond donors (Lipinski definition) is 0. The summed E-state index contributed by atoms with van der Waals surface area (Å²) in [5.74, 6) is 0.539. The third kappa shape index (κ3) is 2.31. The Bertz CT molecular complexity index is 327. The molecule has 0 amide bonds. The molecule has 1 aromatic carbocycles. The zero-order valence-corrected chi connectivity index (χ0v) is 7.69. The van der Waals surface area contributed by atoms with E-state index >= 15 is 0 Å². The first-order valence-corrected chi connectivity index (χ1v) is 3.95. The van der Waals surface area contributed by atoms with Crippen molar-refractivity contribution in [2.45, 2.75) is 0 Å². The molecule has 0 heterocycles. The molecule has 0 aromatic heterocycles. The first-order valence-electron chi connectivity index (χ1n) is 3.20. The summed E-state index contributed by atoms with van der Waals surface area (Å²) in [6, 6.07) is 4.98. The molecule has 0 spiro atoms. The lowest BCUT2D eigenvalue weighted by atomic mass is 10.3. The molecular weight excluding hydrogens is 195 g/mol. The molecule has 1 rings (SSSR count). The monoisotopic (exact) mass is 200 g/mol. The standard InChI is InChI=1S/C9H6Cl2O/c1-2-5-12-9-4-3-7(10)6-8(9)11/h3-6H,1H2. The zero-order chi connectivity index (χ0) is 8.97. The van der Waals surface area contributed by atoms with Crippen molar-refractivity contribution < 1.29 is 4.74 Å². The minimum Gasteiger partial charge on any atom is -0.455 e. The summed E-state index contributed by atoms with van der Waals surface area (Å²) in [4.78, 5) is 0. The molecule has 3 heteroatoms. The van der Waals surface area contributed by atoms with Crippen LogP contribution in [0.1, 0.15) is 0 Å². The molecule has 0 saturated carbocycles. The maximum Gasteiger partial charge on any atom is 0.146 e. The second-order valence-electron chi connectivity index (χ2n) is 2.01. The van der Waals surface area contributed by atoms with Crippen molar-refractivity contribution in [3.63, 3.8) is 0 Å². The van der Waals surface area contributed by atoms with Crippen molar-refractivity contribution >= 4 is 23.2 Å². The largest absolute Gasteiger partial charge is 0.455 e. The van der Waals surface area contributed by atoms with Gasteiger partial charge in [-0.15, -0.1) is 0 Å². The van der Waals surface area contributed by atoms with Crippen LogP contribution >= 0.6 is 23.2 Å². The van der Waals surface area contributed by atoms with Crippen LogP contribution in [0, 0.1) is 0 Å². The molecule has 0 saturated heterocycles. The van der Waals surface area contributed by atoms with Crippen LogP contribution in [0.15, 0.2) is 36.8 Å². The first-order chi connectivity index (χ1) is 5.74. The smallest absolute Gasteiger partial charge is 0.146 e. The van der Waals surface area contributed by atoms with Crippen LogP contribution in [0.4, 0.5) is 0 Å². The quantitative estimate of drug-likeness (QED) is 0.523. The van der Waals surface area contributed by atoms with Crippen molar-refractivity contribution in [3.05, 3.63) is 46.8 Å². The van der Waals surface area contributed by atoms with Gasteiger partial charge in [0.25, 0.3) is 0 Å². The highest BCUT2D eigenvalue weighted by molar-refractivity contribution is 6.35. The molecule has 0 bridgehead atoms. The van der Waals surface area contributed by atoms with Crippen LogP contribution in [0.25, 0.3) is 0 Å². The minimum absolute atomic E-state index is 0.467. The van der Waals surface area contributed by atoms with E-state index in [-0.39, 0.29) is 0 Å². The lowest BCUT2D eigenvalue weighted by molar-refractivity contribution is 0.483. The molecule has 0 aliphatic rings. The highest BCUT2D eigenvalue weighted by atomic mass is 35.5. The van der Waals surface area contributed by atoms with Gasteiger partial charge in [-0.2, -0.15) is 0 Å². The van der Waals surface area contributed by atoms with Crippen LogP contribution in [-0.4, -0.2) is 0 Å². The van der Waals surface area contributed by atoms with Crippen molar-refractivity contribution in [1.29, 1.82) is 0 Å². The van der Waals surface area contributed by atoms with Gasteiger partial charge in [0, 0.05) is 5.02 Å². The summed E-state index contributed by atoms with van der Waals surface area (Å²) in [5, 5.41) is 1.05. The molecule has 1 nitrogen and oxygen atoms in total. The van der Waals surface area contributed by atoms with Crippen LogP contribution in [0.2, 0.25) is 10.0 Å². The summed E-state index contributed by atoms with van der Waals surface area (Å²) in [7, 11) is 0. The van der Waals surface area contributed by atoms with E-state index in [1.807, 2.05) is 0 Å². The Kier molecular flexibility index (Phi) is 3.24. The summed E-state index contributed by atoms with van der Waals surface area (Å²) < 4.78 is 5.05. The average Bonchev–Trinajstić information content (AvgIpc) is 2.03. The molecule has 0 aliphatic carbocycles. The van der Waals surface area contributed by atoms with E-state index in [2.05, 4.69) is 12.3 Å². The topological polar surface area (TPSA) is 9.23 Å². The van der Waals surface area contributed by atoms with Gasteiger partial charge in [0.1, 0.15) is 12.0 Å². The summed E-state index contributed by atoms with van der Waals surface area (Å²) in [6.45, 7) is 3.35. The predicted octanol–water partition coefficient (Wildman–Crippen LogP) is 3.67. The van der Waals surface area contributed by atoms with Crippen LogP contribution in [0.3, 0.4) is 0 Å². The number of halogens is 2. The van der Waals surface area contributed by atoms with E-state index < -0.39 is 0 Å². The summed E-state index contributed by atoms with van der Waals surface area (Å²) >= 11 is 11.5. The molecule has 0 aliphatic heterocycles. The van der Waals surface area contributed by atoms with E-state index in [9.17, 15) is 0 Å². The Morgan fingerprint density at radius 3 is 2.75 bits per heavy atom. The van der Waals surface area contributed by atoms with E-state index in [1.54, 1.807) is 18.2 Å². The third-order valence-corrected chi connectivity index (χ3v) is 1.69. The van der Waals surface area contributed by atoms with Gasteiger partial charge in [-0.1, -0.05) is 35.5 Å². The fraction of sp³-hybridized carbons (Fsp3) is 0. The summed E-state index contributed by atoms with van der Waals surface area (Å²) in [6.07, 6.45) is 1.33. The second-order valence-corrected chi connectivity index (χ2v) is 2.86. The average molecular weight is 201 g/mol. The van der Waals surface area contributed by atoms with Gasteiger partial charge in [-0.25, -0.2) is 0 Å². The van der Waals surface area contributed by atoms with Crippen LogP contribution in [0.5, 0.6) is 5.75 Å². The molecule has 0 unspecified atom stereocenters. The Morgan fingerprint density at radius 1 is 1.42 bits per heavy atom. The fourth-order valence-corrected chi connectivity index (χ4v) is 1.13. The zero-order valence-electron chi connectivity index (χ0n) is 6.18. The normalized spacial score (nSPS) is 8.83. The molecule has 0 atom stereocenters. The van der Waals surface area contributed by atoms with Gasteiger partial charge in [0.05, 0.1) is 5.02 Å². The lowest BCUT2D eigenvalue weighted by Gasteiger charge is -2.01. The van der Waals surface area contributed by atoms with Gasteiger partial charge in [0.2, 0.25) is 0 Å². The van der Waals surface area contributed by atoms with E-state index in [1.165, 1.54) is 6.26 Å². The highest BCUT2D eigenvalue weighted by Gasteiger charge is 1.99. The van der Waals surface area contributed by atoms with Gasteiger partial charge in [0.15, 0.2) is 0 Å². The maximum absolute atomic E-state index is 5.79. The van der Waals surface area contributed by atoms with Gasteiger partial charge >= 0.3 is 0 Å². The minimum atomic E-state index is 0.467. The van der Waals surface area contributed by atoms with Gasteiger partial charge < -0.3 is 4.74 Å².